The topological polar surface area (TPSA) is 95.9 Å². The number of thiazole rings is 1. The highest BCUT2D eigenvalue weighted by molar-refractivity contribution is 7.13. The van der Waals surface area contributed by atoms with Crippen LogP contribution in [0.2, 0.25) is 0 Å². The Bertz CT molecular complexity index is 972. The summed E-state index contributed by atoms with van der Waals surface area (Å²) in [4.78, 5) is 35.9. The Morgan fingerprint density at radius 2 is 2.13 bits per heavy atom. The lowest BCUT2D eigenvalue weighted by Crippen LogP contribution is -2.46. The van der Waals surface area contributed by atoms with Gasteiger partial charge in [-0.25, -0.2) is 9.78 Å². The van der Waals surface area contributed by atoms with E-state index >= 15 is 0 Å². The van der Waals surface area contributed by atoms with Gasteiger partial charge in [0, 0.05) is 19.3 Å². The lowest BCUT2D eigenvalue weighted by atomic mass is 10.0. The zero-order chi connectivity index (χ0) is 22.4. The second-order valence-electron chi connectivity index (χ2n) is 7.26. The fourth-order valence-corrected chi connectivity index (χ4v) is 4.46. The molecule has 0 fully saturated rings. The van der Waals surface area contributed by atoms with Gasteiger partial charge < -0.3 is 20.3 Å². The summed E-state index contributed by atoms with van der Waals surface area (Å²) in [5.74, 6) is 0.139. The van der Waals surface area contributed by atoms with Crippen molar-refractivity contribution in [3.8, 4) is 0 Å². The van der Waals surface area contributed by atoms with E-state index in [9.17, 15) is 9.59 Å². The number of aryl methyl sites for hydroxylation is 2. The number of fused-ring (bicyclic) bond motifs is 1. The molecule has 0 saturated heterocycles. The van der Waals surface area contributed by atoms with E-state index in [0.717, 1.165) is 30.1 Å². The smallest absolute Gasteiger partial charge is 0.350 e. The number of carbonyl (C=O) groups is 2. The van der Waals surface area contributed by atoms with Crippen molar-refractivity contribution in [3.63, 3.8) is 0 Å². The number of hydrogen-bond donors (Lipinski definition) is 2. The minimum absolute atomic E-state index is 0.00237. The number of nitrogens with zero attached hydrogens (tertiary/aromatic N) is 3. The molecule has 1 aromatic carbocycles. The molecule has 166 valence electrons. The maximum atomic E-state index is 12.8. The SMILES string of the molecule is CCOC(=O)c1sc(C(C)NC(=NC)NCC(=O)N2CCCc3ccccc32)nc1C. The zero-order valence-corrected chi connectivity index (χ0v) is 19.2. The lowest BCUT2D eigenvalue weighted by Gasteiger charge is -2.29. The molecule has 0 bridgehead atoms. The Morgan fingerprint density at radius 3 is 2.87 bits per heavy atom. The minimum Gasteiger partial charge on any atom is -0.462 e. The molecule has 2 heterocycles. The predicted molar refractivity (Wildman–Crippen MR) is 123 cm³/mol. The number of ether oxygens (including phenoxy) is 1. The van der Waals surface area contributed by atoms with E-state index < -0.39 is 0 Å². The monoisotopic (exact) mass is 443 g/mol. The largest absolute Gasteiger partial charge is 0.462 e. The van der Waals surface area contributed by atoms with Crippen LogP contribution in [0.1, 0.15) is 52.2 Å². The third-order valence-corrected chi connectivity index (χ3v) is 6.36. The quantitative estimate of drug-likeness (QED) is 0.405. The van der Waals surface area contributed by atoms with Crippen molar-refractivity contribution in [2.45, 2.75) is 39.7 Å². The van der Waals surface area contributed by atoms with E-state index in [2.05, 4.69) is 26.7 Å². The van der Waals surface area contributed by atoms with Gasteiger partial charge in [0.2, 0.25) is 5.91 Å². The van der Waals surface area contributed by atoms with E-state index in [-0.39, 0.29) is 24.5 Å². The Balaban J connectivity index is 1.59. The molecule has 0 aliphatic carbocycles. The fourth-order valence-electron chi connectivity index (χ4n) is 3.50. The van der Waals surface area contributed by atoms with Gasteiger partial charge in [0.25, 0.3) is 0 Å². The van der Waals surface area contributed by atoms with Crippen LogP contribution in [0.25, 0.3) is 0 Å². The van der Waals surface area contributed by atoms with Crippen molar-refractivity contribution in [1.29, 1.82) is 0 Å². The molecule has 0 saturated carbocycles. The summed E-state index contributed by atoms with van der Waals surface area (Å²) in [5, 5.41) is 7.08. The van der Waals surface area contributed by atoms with Gasteiger partial charge in [0.15, 0.2) is 5.96 Å². The number of para-hydroxylation sites is 1. The van der Waals surface area contributed by atoms with Crippen LogP contribution in [0.15, 0.2) is 29.3 Å². The van der Waals surface area contributed by atoms with Crippen LogP contribution in [0.3, 0.4) is 0 Å². The number of guanidine groups is 1. The molecule has 1 aromatic heterocycles. The van der Waals surface area contributed by atoms with Gasteiger partial charge in [-0.15, -0.1) is 11.3 Å². The Kier molecular flexibility index (Phi) is 7.62. The number of esters is 1. The molecule has 2 N–H and O–H groups in total. The number of hydrogen-bond acceptors (Lipinski definition) is 6. The predicted octanol–water partition coefficient (Wildman–Crippen LogP) is 2.83. The molecule has 1 unspecified atom stereocenters. The molecule has 0 radical (unpaired) electrons. The van der Waals surface area contributed by atoms with Crippen LogP contribution in [0, 0.1) is 6.92 Å². The van der Waals surface area contributed by atoms with Gasteiger partial charge in [-0.1, -0.05) is 18.2 Å². The number of aliphatic imine (C=N–C) groups is 1. The second kappa shape index (κ2) is 10.4. The van der Waals surface area contributed by atoms with Crippen LogP contribution >= 0.6 is 11.3 Å². The van der Waals surface area contributed by atoms with E-state index in [1.807, 2.05) is 30.0 Å². The highest BCUT2D eigenvalue weighted by atomic mass is 32.1. The number of aromatic nitrogens is 1. The molecule has 1 atom stereocenters. The van der Waals surface area contributed by atoms with Crippen LogP contribution in [0.4, 0.5) is 5.69 Å². The number of carbonyl (C=O) groups excluding carboxylic acids is 2. The van der Waals surface area contributed by atoms with Gasteiger partial charge >= 0.3 is 5.97 Å². The molecule has 9 heteroatoms. The Morgan fingerprint density at radius 1 is 1.35 bits per heavy atom. The second-order valence-corrected chi connectivity index (χ2v) is 8.29. The first-order valence-corrected chi connectivity index (χ1v) is 11.3. The Labute approximate surface area is 186 Å². The summed E-state index contributed by atoms with van der Waals surface area (Å²) in [6, 6.07) is 7.84. The minimum atomic E-state index is -0.356. The van der Waals surface area contributed by atoms with Crippen LogP contribution in [0.5, 0.6) is 0 Å². The van der Waals surface area contributed by atoms with Crippen molar-refractivity contribution >= 4 is 34.9 Å². The highest BCUT2D eigenvalue weighted by Gasteiger charge is 2.23. The molecule has 1 amide bonds. The van der Waals surface area contributed by atoms with E-state index in [4.69, 9.17) is 4.74 Å². The van der Waals surface area contributed by atoms with Gasteiger partial charge in [0.05, 0.1) is 24.9 Å². The number of anilines is 1. The van der Waals surface area contributed by atoms with Crippen LogP contribution < -0.4 is 15.5 Å². The molecular weight excluding hydrogens is 414 g/mol. The first-order valence-electron chi connectivity index (χ1n) is 10.4. The summed E-state index contributed by atoms with van der Waals surface area (Å²) in [7, 11) is 1.65. The first-order chi connectivity index (χ1) is 14.9. The van der Waals surface area contributed by atoms with Crippen molar-refractivity contribution in [2.24, 2.45) is 4.99 Å². The number of amides is 1. The summed E-state index contributed by atoms with van der Waals surface area (Å²) in [6.45, 7) is 6.68. The molecule has 1 aliphatic rings. The van der Waals surface area contributed by atoms with Gasteiger partial charge in [-0.05, 0) is 45.2 Å². The van der Waals surface area contributed by atoms with E-state index in [0.29, 0.717) is 23.1 Å². The van der Waals surface area contributed by atoms with Gasteiger partial charge in [-0.2, -0.15) is 0 Å². The fraction of sp³-hybridized carbons (Fsp3) is 0.455. The summed E-state index contributed by atoms with van der Waals surface area (Å²) in [5.41, 5.74) is 2.84. The highest BCUT2D eigenvalue weighted by Crippen LogP contribution is 2.27. The molecule has 3 rings (SSSR count). The summed E-state index contributed by atoms with van der Waals surface area (Å²) in [6.07, 6.45) is 1.95. The maximum Gasteiger partial charge on any atom is 0.350 e. The maximum absolute atomic E-state index is 12.8. The molecule has 31 heavy (non-hydrogen) atoms. The van der Waals surface area contributed by atoms with Crippen LogP contribution in [-0.2, 0) is 16.0 Å². The third kappa shape index (κ3) is 5.41. The molecule has 8 nitrogen and oxygen atoms in total. The van der Waals surface area contributed by atoms with Gasteiger partial charge in [-0.3, -0.25) is 9.79 Å². The van der Waals surface area contributed by atoms with Crippen molar-refractivity contribution in [2.75, 3.05) is 31.6 Å². The molecule has 2 aromatic rings. The molecular formula is C22H29N5O3S. The summed E-state index contributed by atoms with van der Waals surface area (Å²) < 4.78 is 5.08. The average Bonchev–Trinajstić information content (AvgIpc) is 3.18. The van der Waals surface area contributed by atoms with E-state index in [1.54, 1.807) is 20.9 Å². The number of nitrogens with one attached hydrogen (secondary N) is 2. The van der Waals surface area contributed by atoms with Crippen molar-refractivity contribution in [1.82, 2.24) is 15.6 Å². The zero-order valence-electron chi connectivity index (χ0n) is 18.4. The molecule has 1 aliphatic heterocycles. The average molecular weight is 444 g/mol. The Hall–Kier alpha value is -2.94. The lowest BCUT2D eigenvalue weighted by molar-refractivity contribution is -0.117. The third-order valence-electron chi connectivity index (χ3n) is 5.04. The first kappa shape index (κ1) is 22.7. The van der Waals surface area contributed by atoms with Crippen molar-refractivity contribution in [3.05, 3.63) is 45.4 Å². The van der Waals surface area contributed by atoms with Crippen LogP contribution in [-0.4, -0.2) is 49.6 Å². The van der Waals surface area contributed by atoms with Crippen molar-refractivity contribution < 1.29 is 14.3 Å². The molecule has 0 spiro atoms. The van der Waals surface area contributed by atoms with E-state index in [1.165, 1.54) is 16.9 Å². The number of benzene rings is 1. The van der Waals surface area contributed by atoms with Gasteiger partial charge in [0.1, 0.15) is 9.88 Å². The standard InChI is InChI=1S/C22H29N5O3S/c1-5-30-21(29)19-14(2)25-20(31-19)15(3)26-22(23-4)24-13-18(28)27-12-8-10-16-9-6-7-11-17(16)27/h6-7,9,11,15H,5,8,10,12-13H2,1-4H3,(H2,23,24,26). The summed E-state index contributed by atoms with van der Waals surface area (Å²) >= 11 is 1.30. The normalized spacial score (nSPS) is 14.6. The number of rotatable bonds is 6.